The first-order chi connectivity index (χ1) is 10.4. The molecule has 1 aliphatic heterocycles. The van der Waals surface area contributed by atoms with Gasteiger partial charge in [0.1, 0.15) is 11.4 Å². The highest BCUT2D eigenvalue weighted by Gasteiger charge is 2.25. The van der Waals surface area contributed by atoms with Crippen molar-refractivity contribution in [3.8, 4) is 5.75 Å². The highest BCUT2D eigenvalue weighted by atomic mass is 16.6. The maximum absolute atomic E-state index is 11.3. The molecule has 0 aliphatic carbocycles. The number of amides is 1. The number of nitro groups is 1. The van der Waals surface area contributed by atoms with Crippen LogP contribution in [0.2, 0.25) is 0 Å². The third-order valence-corrected chi connectivity index (χ3v) is 3.58. The highest BCUT2D eigenvalue weighted by molar-refractivity contribution is 5.88. The number of likely N-dealkylation sites (N-methyl/N-ethyl adjacent to an activating group) is 1. The van der Waals surface area contributed by atoms with Gasteiger partial charge in [0.05, 0.1) is 17.7 Å². The van der Waals surface area contributed by atoms with Gasteiger partial charge in [-0.05, 0) is 7.05 Å². The summed E-state index contributed by atoms with van der Waals surface area (Å²) in [5, 5.41) is 22.2. The largest absolute Gasteiger partial charge is 0.494 e. The lowest BCUT2D eigenvalue weighted by atomic mass is 10.1. The first-order valence-electron chi connectivity index (χ1n) is 6.72. The van der Waals surface area contributed by atoms with Crippen molar-refractivity contribution in [1.82, 2.24) is 4.90 Å². The molecule has 0 saturated carbocycles. The summed E-state index contributed by atoms with van der Waals surface area (Å²) in [6, 6.07) is 2.70. The van der Waals surface area contributed by atoms with Crippen LogP contribution in [0.5, 0.6) is 5.75 Å². The molecule has 0 spiro atoms. The average molecular weight is 310 g/mol. The molecule has 0 atom stereocenters. The van der Waals surface area contributed by atoms with Crippen molar-refractivity contribution in [3.63, 3.8) is 0 Å². The Morgan fingerprint density at radius 1 is 1.36 bits per heavy atom. The average Bonchev–Trinajstić information content (AvgIpc) is 2.47. The fourth-order valence-corrected chi connectivity index (χ4v) is 2.39. The third kappa shape index (κ3) is 3.37. The van der Waals surface area contributed by atoms with Gasteiger partial charge in [-0.2, -0.15) is 0 Å². The Morgan fingerprint density at radius 2 is 2.00 bits per heavy atom. The van der Waals surface area contributed by atoms with E-state index < -0.39 is 11.0 Å². The topological polar surface area (TPSA) is 108 Å². The second-order valence-electron chi connectivity index (χ2n) is 5.02. The minimum Gasteiger partial charge on any atom is -0.494 e. The van der Waals surface area contributed by atoms with E-state index in [4.69, 9.17) is 9.84 Å². The number of nitro benzene ring substituents is 1. The molecule has 1 aliphatic rings. The summed E-state index contributed by atoms with van der Waals surface area (Å²) in [7, 11) is 3.38. The summed E-state index contributed by atoms with van der Waals surface area (Å²) >= 11 is 0. The zero-order valence-electron chi connectivity index (χ0n) is 12.4. The van der Waals surface area contributed by atoms with Crippen molar-refractivity contribution in [1.29, 1.82) is 0 Å². The number of piperazine rings is 1. The fraction of sp³-hybridized carbons (Fsp3) is 0.462. The summed E-state index contributed by atoms with van der Waals surface area (Å²) in [5.41, 5.74) is 0.347. The van der Waals surface area contributed by atoms with E-state index in [1.165, 1.54) is 19.2 Å². The van der Waals surface area contributed by atoms with Gasteiger partial charge >= 0.3 is 6.09 Å². The van der Waals surface area contributed by atoms with Crippen LogP contribution < -0.4 is 15.0 Å². The zero-order chi connectivity index (χ0) is 16.3. The van der Waals surface area contributed by atoms with Gasteiger partial charge in [-0.15, -0.1) is 0 Å². The number of nitrogens with zero attached hydrogens (tertiary/aromatic N) is 3. The van der Waals surface area contributed by atoms with Crippen LogP contribution in [-0.4, -0.2) is 61.4 Å². The van der Waals surface area contributed by atoms with Gasteiger partial charge in [0, 0.05) is 38.3 Å². The molecule has 2 rings (SSSR count). The molecular formula is C13H18N4O5. The van der Waals surface area contributed by atoms with Gasteiger partial charge in [0.15, 0.2) is 0 Å². The summed E-state index contributed by atoms with van der Waals surface area (Å²) in [4.78, 5) is 25.6. The molecule has 1 heterocycles. The molecule has 9 nitrogen and oxygen atoms in total. The Hall–Kier alpha value is -2.55. The third-order valence-electron chi connectivity index (χ3n) is 3.58. The van der Waals surface area contributed by atoms with E-state index >= 15 is 0 Å². The van der Waals surface area contributed by atoms with Crippen LogP contribution in [0.25, 0.3) is 0 Å². The van der Waals surface area contributed by atoms with Crippen molar-refractivity contribution < 1.29 is 19.6 Å². The lowest BCUT2D eigenvalue weighted by Gasteiger charge is -2.33. The van der Waals surface area contributed by atoms with Crippen LogP contribution in [0.15, 0.2) is 12.1 Å². The van der Waals surface area contributed by atoms with E-state index in [-0.39, 0.29) is 17.1 Å². The number of rotatable bonds is 4. The monoisotopic (exact) mass is 310 g/mol. The van der Waals surface area contributed by atoms with Crippen LogP contribution in [-0.2, 0) is 0 Å². The lowest BCUT2D eigenvalue weighted by molar-refractivity contribution is -0.384. The molecule has 0 radical (unpaired) electrons. The smallest absolute Gasteiger partial charge is 0.409 e. The predicted octanol–water partition coefficient (Wildman–Crippen LogP) is 1.45. The van der Waals surface area contributed by atoms with Crippen LogP contribution in [0.3, 0.4) is 0 Å². The van der Waals surface area contributed by atoms with Gasteiger partial charge in [0.25, 0.3) is 5.69 Å². The van der Waals surface area contributed by atoms with Crippen molar-refractivity contribution in [2.75, 3.05) is 50.6 Å². The molecule has 1 aromatic rings. The quantitative estimate of drug-likeness (QED) is 0.640. The van der Waals surface area contributed by atoms with Crippen molar-refractivity contribution in [3.05, 3.63) is 22.2 Å². The SMILES string of the molecule is COc1cc(N2CCN(C)CC2)c([N+](=O)[O-])cc1NC(=O)O. The number of anilines is 2. The standard InChI is InChI=1S/C13H18N4O5/c1-15-3-5-16(6-4-15)10-8-12(22-2)9(14-13(18)19)7-11(10)17(20)21/h7-8,14H,3-6H2,1-2H3,(H,18,19). The predicted molar refractivity (Wildman–Crippen MR) is 81.0 cm³/mol. The van der Waals surface area contributed by atoms with E-state index in [1.807, 2.05) is 11.9 Å². The minimum absolute atomic E-state index is 0.0552. The maximum atomic E-state index is 11.3. The molecule has 0 aromatic heterocycles. The lowest BCUT2D eigenvalue weighted by Crippen LogP contribution is -2.44. The van der Waals surface area contributed by atoms with Crippen molar-refractivity contribution in [2.45, 2.75) is 0 Å². The van der Waals surface area contributed by atoms with E-state index in [0.29, 0.717) is 18.8 Å². The second-order valence-corrected chi connectivity index (χ2v) is 5.02. The molecule has 1 fully saturated rings. The first kappa shape index (κ1) is 15.8. The number of carboxylic acid groups (broad SMARTS) is 1. The normalized spacial score (nSPS) is 15.5. The summed E-state index contributed by atoms with van der Waals surface area (Å²) in [5.74, 6) is 0.252. The van der Waals surface area contributed by atoms with E-state index in [2.05, 4.69) is 10.2 Å². The van der Waals surface area contributed by atoms with E-state index in [9.17, 15) is 14.9 Å². The van der Waals surface area contributed by atoms with E-state index in [0.717, 1.165) is 13.1 Å². The van der Waals surface area contributed by atoms with E-state index in [1.54, 1.807) is 0 Å². The molecule has 1 aromatic carbocycles. The molecule has 9 heteroatoms. The zero-order valence-corrected chi connectivity index (χ0v) is 12.4. The van der Waals surface area contributed by atoms with Gasteiger partial charge in [-0.1, -0.05) is 0 Å². The Bertz CT molecular complexity index is 584. The van der Waals surface area contributed by atoms with Gasteiger partial charge in [-0.3, -0.25) is 15.4 Å². The molecule has 120 valence electrons. The number of hydrogen-bond donors (Lipinski definition) is 2. The van der Waals surface area contributed by atoms with Crippen LogP contribution in [0.4, 0.5) is 21.9 Å². The maximum Gasteiger partial charge on any atom is 0.409 e. The molecule has 1 amide bonds. The number of nitrogens with one attached hydrogen (secondary N) is 1. The summed E-state index contributed by atoms with van der Waals surface area (Å²) in [6.45, 7) is 2.92. The van der Waals surface area contributed by atoms with Crippen LogP contribution >= 0.6 is 0 Å². The van der Waals surface area contributed by atoms with Gasteiger partial charge in [-0.25, -0.2) is 4.79 Å². The van der Waals surface area contributed by atoms with Crippen molar-refractivity contribution >= 4 is 23.2 Å². The van der Waals surface area contributed by atoms with Gasteiger partial charge in [0.2, 0.25) is 0 Å². The number of carbonyl (C=O) groups is 1. The Labute approximate surface area is 127 Å². The Kier molecular flexibility index (Phi) is 4.66. The van der Waals surface area contributed by atoms with Crippen molar-refractivity contribution in [2.24, 2.45) is 0 Å². The number of ether oxygens (including phenoxy) is 1. The molecule has 0 unspecified atom stereocenters. The fourth-order valence-electron chi connectivity index (χ4n) is 2.39. The minimum atomic E-state index is -1.31. The molecule has 0 bridgehead atoms. The van der Waals surface area contributed by atoms with Crippen LogP contribution in [0.1, 0.15) is 0 Å². The number of methoxy groups -OCH3 is 1. The molecule has 1 saturated heterocycles. The molecule has 2 N–H and O–H groups in total. The van der Waals surface area contributed by atoms with Crippen LogP contribution in [0, 0.1) is 10.1 Å². The Balaban J connectivity index is 2.43. The number of benzene rings is 1. The highest BCUT2D eigenvalue weighted by Crippen LogP contribution is 2.38. The molecular weight excluding hydrogens is 292 g/mol. The Morgan fingerprint density at radius 3 is 2.50 bits per heavy atom. The van der Waals surface area contributed by atoms with Gasteiger partial charge < -0.3 is 19.6 Å². The number of hydrogen-bond acceptors (Lipinski definition) is 6. The molecule has 22 heavy (non-hydrogen) atoms. The first-order valence-corrected chi connectivity index (χ1v) is 6.72. The summed E-state index contributed by atoms with van der Waals surface area (Å²) in [6.07, 6.45) is -1.31. The summed E-state index contributed by atoms with van der Waals surface area (Å²) < 4.78 is 5.15. The second kappa shape index (κ2) is 6.48.